The van der Waals surface area contributed by atoms with Crippen molar-refractivity contribution in [1.29, 1.82) is 0 Å². The number of benzene rings is 1. The highest BCUT2D eigenvalue weighted by Crippen LogP contribution is 2.32. The topological polar surface area (TPSA) is 27.3 Å². The minimum Gasteiger partial charge on any atom is -0.381 e. The van der Waals surface area contributed by atoms with Gasteiger partial charge in [-0.15, -0.1) is 0 Å². The summed E-state index contributed by atoms with van der Waals surface area (Å²) >= 11 is 0. The second-order valence-corrected chi connectivity index (χ2v) is 5.43. The van der Waals surface area contributed by atoms with E-state index in [1.165, 1.54) is 55.8 Å². The first kappa shape index (κ1) is 11.7. The third kappa shape index (κ3) is 2.26. The Labute approximate surface area is 110 Å². The second-order valence-electron chi connectivity index (χ2n) is 5.43. The quantitative estimate of drug-likeness (QED) is 0.855. The molecule has 1 saturated heterocycles. The summed E-state index contributed by atoms with van der Waals surface area (Å²) < 4.78 is 0. The van der Waals surface area contributed by atoms with Gasteiger partial charge in [0.05, 0.1) is 11.4 Å². The van der Waals surface area contributed by atoms with E-state index >= 15 is 0 Å². The number of hydrogen-bond donors (Lipinski definition) is 2. The van der Waals surface area contributed by atoms with Gasteiger partial charge in [0.2, 0.25) is 0 Å². The summed E-state index contributed by atoms with van der Waals surface area (Å²) in [7, 11) is 0. The van der Waals surface area contributed by atoms with Crippen LogP contribution in [-0.4, -0.2) is 25.7 Å². The summed E-state index contributed by atoms with van der Waals surface area (Å²) in [5.74, 6) is 0. The molecule has 1 aromatic rings. The maximum atomic E-state index is 3.63. The van der Waals surface area contributed by atoms with E-state index in [2.05, 4.69) is 40.7 Å². The molecular weight excluding hydrogens is 222 g/mol. The molecule has 3 nitrogen and oxygen atoms in total. The zero-order valence-corrected chi connectivity index (χ0v) is 11.2. The molecule has 3 rings (SSSR count). The van der Waals surface area contributed by atoms with E-state index in [9.17, 15) is 0 Å². The SMILES string of the molecule is CCCC1CNc2cc(N3CCCC3)ccc2N1. The van der Waals surface area contributed by atoms with Crippen LogP contribution in [0.1, 0.15) is 32.6 Å². The molecule has 2 aliphatic rings. The van der Waals surface area contributed by atoms with Crippen molar-refractivity contribution < 1.29 is 0 Å². The van der Waals surface area contributed by atoms with Crippen LogP contribution in [0.15, 0.2) is 18.2 Å². The summed E-state index contributed by atoms with van der Waals surface area (Å²) in [4.78, 5) is 2.49. The van der Waals surface area contributed by atoms with Crippen molar-refractivity contribution in [3.63, 3.8) is 0 Å². The van der Waals surface area contributed by atoms with Crippen molar-refractivity contribution in [2.24, 2.45) is 0 Å². The van der Waals surface area contributed by atoms with Crippen LogP contribution in [0.3, 0.4) is 0 Å². The first-order valence-electron chi connectivity index (χ1n) is 7.26. The molecule has 0 bridgehead atoms. The highest BCUT2D eigenvalue weighted by Gasteiger charge is 2.18. The molecule has 1 unspecified atom stereocenters. The van der Waals surface area contributed by atoms with Crippen molar-refractivity contribution in [2.45, 2.75) is 38.6 Å². The van der Waals surface area contributed by atoms with E-state index in [1.54, 1.807) is 0 Å². The van der Waals surface area contributed by atoms with Crippen LogP contribution >= 0.6 is 0 Å². The lowest BCUT2D eigenvalue weighted by molar-refractivity contribution is 0.655. The average molecular weight is 245 g/mol. The highest BCUT2D eigenvalue weighted by molar-refractivity contribution is 5.76. The minimum atomic E-state index is 0.583. The van der Waals surface area contributed by atoms with Crippen molar-refractivity contribution in [2.75, 3.05) is 35.2 Å². The zero-order chi connectivity index (χ0) is 12.4. The van der Waals surface area contributed by atoms with Crippen molar-refractivity contribution in [3.05, 3.63) is 18.2 Å². The predicted molar refractivity (Wildman–Crippen MR) is 78.7 cm³/mol. The fourth-order valence-corrected chi connectivity index (χ4v) is 3.00. The third-order valence-corrected chi connectivity index (χ3v) is 4.01. The first-order valence-corrected chi connectivity index (χ1v) is 7.26. The Morgan fingerprint density at radius 3 is 2.83 bits per heavy atom. The maximum Gasteiger partial charge on any atom is 0.0597 e. The van der Waals surface area contributed by atoms with Gasteiger partial charge in [-0.25, -0.2) is 0 Å². The van der Waals surface area contributed by atoms with Crippen LogP contribution in [0.2, 0.25) is 0 Å². The molecule has 0 aliphatic carbocycles. The molecule has 98 valence electrons. The number of fused-ring (bicyclic) bond motifs is 1. The molecule has 18 heavy (non-hydrogen) atoms. The van der Waals surface area contributed by atoms with E-state index in [4.69, 9.17) is 0 Å². The number of anilines is 3. The predicted octanol–water partition coefficient (Wildman–Crippen LogP) is 3.29. The lowest BCUT2D eigenvalue weighted by Crippen LogP contribution is -2.32. The lowest BCUT2D eigenvalue weighted by atomic mass is 10.1. The Bertz CT molecular complexity index is 410. The van der Waals surface area contributed by atoms with Crippen LogP contribution in [0.25, 0.3) is 0 Å². The Hall–Kier alpha value is -1.38. The molecule has 2 aliphatic heterocycles. The molecule has 2 heterocycles. The molecule has 0 saturated carbocycles. The largest absolute Gasteiger partial charge is 0.381 e. The van der Waals surface area contributed by atoms with Gasteiger partial charge in [0.15, 0.2) is 0 Å². The highest BCUT2D eigenvalue weighted by atomic mass is 15.1. The van der Waals surface area contributed by atoms with Crippen LogP contribution in [-0.2, 0) is 0 Å². The monoisotopic (exact) mass is 245 g/mol. The lowest BCUT2D eigenvalue weighted by Gasteiger charge is -2.29. The fraction of sp³-hybridized carbons (Fsp3) is 0.600. The average Bonchev–Trinajstić information content (AvgIpc) is 2.92. The Morgan fingerprint density at radius 1 is 1.22 bits per heavy atom. The van der Waals surface area contributed by atoms with Gasteiger partial charge in [-0.1, -0.05) is 13.3 Å². The Kier molecular flexibility index (Phi) is 3.31. The third-order valence-electron chi connectivity index (χ3n) is 4.01. The molecule has 3 heteroatoms. The minimum absolute atomic E-state index is 0.583. The van der Waals surface area contributed by atoms with Crippen LogP contribution < -0.4 is 15.5 Å². The van der Waals surface area contributed by atoms with Crippen molar-refractivity contribution >= 4 is 17.1 Å². The number of nitrogens with one attached hydrogen (secondary N) is 2. The molecule has 1 atom stereocenters. The van der Waals surface area contributed by atoms with Gasteiger partial charge in [-0.3, -0.25) is 0 Å². The van der Waals surface area contributed by atoms with Crippen LogP contribution in [0.4, 0.5) is 17.1 Å². The first-order chi connectivity index (χ1) is 8.86. The van der Waals surface area contributed by atoms with Gasteiger partial charge in [-0.05, 0) is 37.5 Å². The molecule has 0 aromatic heterocycles. The molecule has 0 radical (unpaired) electrons. The zero-order valence-electron chi connectivity index (χ0n) is 11.2. The van der Waals surface area contributed by atoms with E-state index in [0.29, 0.717) is 6.04 Å². The molecule has 1 aromatic carbocycles. The van der Waals surface area contributed by atoms with Crippen LogP contribution in [0, 0.1) is 0 Å². The van der Waals surface area contributed by atoms with Crippen molar-refractivity contribution in [3.8, 4) is 0 Å². The number of rotatable bonds is 3. The van der Waals surface area contributed by atoms with E-state index < -0.39 is 0 Å². The van der Waals surface area contributed by atoms with Gasteiger partial charge < -0.3 is 15.5 Å². The molecule has 0 spiro atoms. The summed E-state index contributed by atoms with van der Waals surface area (Å²) in [5.41, 5.74) is 3.91. The summed E-state index contributed by atoms with van der Waals surface area (Å²) in [6.07, 6.45) is 5.14. The van der Waals surface area contributed by atoms with E-state index in [0.717, 1.165) is 6.54 Å². The van der Waals surface area contributed by atoms with Gasteiger partial charge in [0, 0.05) is 31.4 Å². The van der Waals surface area contributed by atoms with Gasteiger partial charge >= 0.3 is 0 Å². The molecule has 2 N–H and O–H groups in total. The molecule has 1 fully saturated rings. The Balaban J connectivity index is 1.76. The standard InChI is InChI=1S/C15H23N3/c1-2-5-12-11-16-15-10-13(6-7-14(15)17-12)18-8-3-4-9-18/h6-7,10,12,16-17H,2-5,8-9,11H2,1H3. The van der Waals surface area contributed by atoms with Crippen LogP contribution in [0.5, 0.6) is 0 Å². The normalized spacial score (nSPS) is 22.3. The number of nitrogens with zero attached hydrogens (tertiary/aromatic N) is 1. The smallest absolute Gasteiger partial charge is 0.0597 e. The molecular formula is C15H23N3. The van der Waals surface area contributed by atoms with Gasteiger partial charge in [0.25, 0.3) is 0 Å². The van der Waals surface area contributed by atoms with Gasteiger partial charge in [0.1, 0.15) is 0 Å². The van der Waals surface area contributed by atoms with E-state index in [-0.39, 0.29) is 0 Å². The van der Waals surface area contributed by atoms with Crippen molar-refractivity contribution in [1.82, 2.24) is 0 Å². The van der Waals surface area contributed by atoms with E-state index in [1.807, 2.05) is 0 Å². The number of hydrogen-bond acceptors (Lipinski definition) is 3. The second kappa shape index (κ2) is 5.09. The summed E-state index contributed by atoms with van der Waals surface area (Å²) in [5, 5.41) is 7.21. The summed E-state index contributed by atoms with van der Waals surface area (Å²) in [6.45, 7) is 5.72. The molecule has 0 amide bonds. The summed E-state index contributed by atoms with van der Waals surface area (Å²) in [6, 6.07) is 7.38. The Morgan fingerprint density at radius 2 is 2.06 bits per heavy atom. The van der Waals surface area contributed by atoms with Gasteiger partial charge in [-0.2, -0.15) is 0 Å². The fourth-order valence-electron chi connectivity index (χ4n) is 3.00. The maximum absolute atomic E-state index is 3.63.